The molecule has 8 nitrogen and oxygen atoms in total. The van der Waals surface area contributed by atoms with Crippen LogP contribution in [0, 0.1) is 0 Å². The SMILES string of the molecule is COc1ccc(C(=O)N2CCN(CCOc3ccc(C4=NNC(=O)CC4)cc3)CC2)cc1. The number of hydrazone groups is 1. The van der Waals surface area contributed by atoms with Gasteiger partial charge in [0.15, 0.2) is 0 Å². The van der Waals surface area contributed by atoms with Crippen molar-refractivity contribution in [2.45, 2.75) is 12.8 Å². The lowest BCUT2D eigenvalue weighted by atomic mass is 10.0. The molecule has 1 saturated heterocycles. The lowest BCUT2D eigenvalue weighted by Gasteiger charge is -2.34. The van der Waals surface area contributed by atoms with Crippen LogP contribution in [-0.4, -0.2) is 73.8 Å². The zero-order chi connectivity index (χ0) is 22.3. The number of hydrogen-bond donors (Lipinski definition) is 1. The summed E-state index contributed by atoms with van der Waals surface area (Å²) in [5, 5.41) is 4.12. The summed E-state index contributed by atoms with van der Waals surface area (Å²) in [7, 11) is 1.61. The highest BCUT2D eigenvalue weighted by atomic mass is 16.5. The number of piperazine rings is 1. The van der Waals surface area contributed by atoms with E-state index in [0.717, 1.165) is 42.4 Å². The summed E-state index contributed by atoms with van der Waals surface area (Å²) >= 11 is 0. The highest BCUT2D eigenvalue weighted by Gasteiger charge is 2.22. The zero-order valence-corrected chi connectivity index (χ0v) is 18.3. The number of benzene rings is 2. The molecule has 0 spiro atoms. The van der Waals surface area contributed by atoms with E-state index in [9.17, 15) is 9.59 Å². The first kappa shape index (κ1) is 21.8. The second kappa shape index (κ2) is 10.3. The minimum absolute atomic E-state index is 0.0420. The van der Waals surface area contributed by atoms with Gasteiger partial charge in [-0.1, -0.05) is 0 Å². The van der Waals surface area contributed by atoms with Gasteiger partial charge >= 0.3 is 0 Å². The summed E-state index contributed by atoms with van der Waals surface area (Å²) in [6, 6.07) is 15.0. The van der Waals surface area contributed by atoms with E-state index in [2.05, 4.69) is 15.4 Å². The van der Waals surface area contributed by atoms with Crippen LogP contribution < -0.4 is 14.9 Å². The molecule has 2 heterocycles. The van der Waals surface area contributed by atoms with Crippen molar-refractivity contribution < 1.29 is 19.1 Å². The predicted octanol–water partition coefficient (Wildman–Crippen LogP) is 2.15. The van der Waals surface area contributed by atoms with Crippen molar-refractivity contribution in [1.29, 1.82) is 0 Å². The van der Waals surface area contributed by atoms with Crippen LogP contribution in [0.3, 0.4) is 0 Å². The third-order valence-corrected chi connectivity index (χ3v) is 5.76. The normalized spacial score (nSPS) is 16.8. The van der Waals surface area contributed by atoms with E-state index in [-0.39, 0.29) is 11.8 Å². The molecule has 2 aliphatic rings. The number of methoxy groups -OCH3 is 1. The van der Waals surface area contributed by atoms with Crippen molar-refractivity contribution in [3.8, 4) is 11.5 Å². The van der Waals surface area contributed by atoms with Crippen molar-refractivity contribution >= 4 is 17.5 Å². The molecule has 2 aliphatic heterocycles. The van der Waals surface area contributed by atoms with Gasteiger partial charge in [-0.3, -0.25) is 14.5 Å². The molecule has 2 aromatic carbocycles. The van der Waals surface area contributed by atoms with Crippen molar-refractivity contribution in [1.82, 2.24) is 15.2 Å². The van der Waals surface area contributed by atoms with Gasteiger partial charge in [0.05, 0.1) is 12.8 Å². The fraction of sp³-hybridized carbons (Fsp3) is 0.375. The molecule has 0 saturated carbocycles. The molecule has 168 valence electrons. The number of carbonyl (C=O) groups excluding carboxylic acids is 2. The number of rotatable bonds is 7. The fourth-order valence-electron chi connectivity index (χ4n) is 3.81. The van der Waals surface area contributed by atoms with Crippen molar-refractivity contribution in [3.63, 3.8) is 0 Å². The van der Waals surface area contributed by atoms with Crippen LogP contribution in [0.5, 0.6) is 11.5 Å². The van der Waals surface area contributed by atoms with Crippen LogP contribution >= 0.6 is 0 Å². The van der Waals surface area contributed by atoms with Gasteiger partial charge in [-0.05, 0) is 54.1 Å². The molecule has 1 N–H and O–H groups in total. The zero-order valence-electron chi connectivity index (χ0n) is 18.3. The Morgan fingerprint density at radius 1 is 0.969 bits per heavy atom. The summed E-state index contributed by atoms with van der Waals surface area (Å²) in [5.74, 6) is 1.57. The Labute approximate surface area is 187 Å². The molecular formula is C24H28N4O4. The van der Waals surface area contributed by atoms with Crippen molar-refractivity contribution in [2.75, 3.05) is 46.4 Å². The monoisotopic (exact) mass is 436 g/mol. The van der Waals surface area contributed by atoms with Gasteiger partial charge in [-0.15, -0.1) is 0 Å². The maximum Gasteiger partial charge on any atom is 0.253 e. The minimum Gasteiger partial charge on any atom is -0.497 e. The molecule has 0 unspecified atom stereocenters. The Morgan fingerprint density at radius 2 is 1.66 bits per heavy atom. The highest BCUT2D eigenvalue weighted by Crippen LogP contribution is 2.17. The molecule has 4 rings (SSSR count). The quantitative estimate of drug-likeness (QED) is 0.719. The Bertz CT molecular complexity index is 964. The Hall–Kier alpha value is -3.39. The van der Waals surface area contributed by atoms with Crippen LogP contribution in [0.4, 0.5) is 0 Å². The third kappa shape index (κ3) is 5.45. The molecule has 8 heteroatoms. The minimum atomic E-state index is -0.0420. The van der Waals surface area contributed by atoms with Gasteiger partial charge in [0.2, 0.25) is 5.91 Å². The van der Waals surface area contributed by atoms with Crippen molar-refractivity contribution in [3.05, 3.63) is 59.7 Å². The number of hydrogen-bond acceptors (Lipinski definition) is 6. The maximum atomic E-state index is 12.7. The molecule has 0 aromatic heterocycles. The molecule has 2 amide bonds. The lowest BCUT2D eigenvalue weighted by Crippen LogP contribution is -2.49. The van der Waals surface area contributed by atoms with Crippen molar-refractivity contribution in [2.24, 2.45) is 5.10 Å². The molecule has 0 atom stereocenters. The largest absolute Gasteiger partial charge is 0.497 e. The second-order valence-electron chi connectivity index (χ2n) is 7.83. The average molecular weight is 437 g/mol. The van der Waals surface area contributed by atoms with E-state index in [4.69, 9.17) is 9.47 Å². The van der Waals surface area contributed by atoms with Gasteiger partial charge in [0.25, 0.3) is 5.91 Å². The number of ether oxygens (including phenoxy) is 2. The van der Waals surface area contributed by atoms with Crippen LogP contribution in [0.2, 0.25) is 0 Å². The maximum absolute atomic E-state index is 12.7. The standard InChI is InChI=1S/C24H28N4O4/c1-31-20-6-4-19(5-7-20)24(30)28-14-12-27(13-15-28)16-17-32-21-8-2-18(3-9-21)22-10-11-23(29)26-25-22/h2-9H,10-17H2,1H3,(H,26,29). The Kier molecular flexibility index (Phi) is 7.01. The van der Waals surface area contributed by atoms with Gasteiger partial charge in [0.1, 0.15) is 18.1 Å². The third-order valence-electron chi connectivity index (χ3n) is 5.76. The lowest BCUT2D eigenvalue weighted by molar-refractivity contribution is -0.121. The van der Waals surface area contributed by atoms with E-state index < -0.39 is 0 Å². The summed E-state index contributed by atoms with van der Waals surface area (Å²) < 4.78 is 11.0. The second-order valence-corrected chi connectivity index (χ2v) is 7.83. The first-order valence-electron chi connectivity index (χ1n) is 10.9. The molecule has 2 aromatic rings. The number of carbonyl (C=O) groups is 2. The molecule has 1 fully saturated rings. The van der Waals surface area contributed by atoms with E-state index in [1.165, 1.54) is 0 Å². The predicted molar refractivity (Wildman–Crippen MR) is 121 cm³/mol. The summed E-state index contributed by atoms with van der Waals surface area (Å²) in [6.07, 6.45) is 1.12. The van der Waals surface area contributed by atoms with Gasteiger partial charge in [-0.25, -0.2) is 5.43 Å². The van der Waals surface area contributed by atoms with Gasteiger partial charge < -0.3 is 14.4 Å². The van der Waals surface area contributed by atoms with E-state index in [0.29, 0.717) is 38.1 Å². The van der Waals surface area contributed by atoms with Crippen LogP contribution in [-0.2, 0) is 4.79 Å². The van der Waals surface area contributed by atoms with E-state index >= 15 is 0 Å². The van der Waals surface area contributed by atoms with Crippen LogP contribution in [0.15, 0.2) is 53.6 Å². The summed E-state index contributed by atoms with van der Waals surface area (Å²) in [4.78, 5) is 28.1. The molecule has 0 bridgehead atoms. The van der Waals surface area contributed by atoms with E-state index in [1.54, 1.807) is 7.11 Å². The number of nitrogens with one attached hydrogen (secondary N) is 1. The first-order valence-corrected chi connectivity index (χ1v) is 10.9. The number of amides is 2. The van der Waals surface area contributed by atoms with Crippen LogP contribution in [0.25, 0.3) is 0 Å². The average Bonchev–Trinajstić information content (AvgIpc) is 2.85. The fourth-order valence-corrected chi connectivity index (χ4v) is 3.81. The molecule has 0 aliphatic carbocycles. The Balaban J connectivity index is 1.19. The summed E-state index contributed by atoms with van der Waals surface area (Å²) in [5.41, 5.74) is 5.09. The van der Waals surface area contributed by atoms with Crippen LogP contribution in [0.1, 0.15) is 28.8 Å². The smallest absolute Gasteiger partial charge is 0.253 e. The highest BCUT2D eigenvalue weighted by molar-refractivity contribution is 6.04. The molecule has 32 heavy (non-hydrogen) atoms. The molecular weight excluding hydrogens is 408 g/mol. The topological polar surface area (TPSA) is 83.5 Å². The first-order chi connectivity index (χ1) is 15.6. The Morgan fingerprint density at radius 3 is 2.28 bits per heavy atom. The van der Waals surface area contributed by atoms with E-state index in [1.807, 2.05) is 53.4 Å². The van der Waals surface area contributed by atoms with Gasteiger partial charge in [-0.2, -0.15) is 5.10 Å². The molecule has 0 radical (unpaired) electrons. The summed E-state index contributed by atoms with van der Waals surface area (Å²) in [6.45, 7) is 4.47. The number of nitrogens with zero attached hydrogens (tertiary/aromatic N) is 3. The van der Waals surface area contributed by atoms with Gasteiger partial charge in [0, 0.05) is 51.1 Å².